The van der Waals surface area contributed by atoms with Gasteiger partial charge in [-0.3, -0.25) is 4.90 Å². The van der Waals surface area contributed by atoms with Gasteiger partial charge in [0.15, 0.2) is 5.82 Å². The van der Waals surface area contributed by atoms with Crippen LogP contribution in [0.15, 0.2) is 30.6 Å². The van der Waals surface area contributed by atoms with Crippen molar-refractivity contribution in [3.8, 4) is 0 Å². The summed E-state index contributed by atoms with van der Waals surface area (Å²) in [4.78, 5) is 23.5. The van der Waals surface area contributed by atoms with E-state index in [4.69, 9.17) is 9.97 Å². The number of piperazine rings is 1. The Morgan fingerprint density at radius 2 is 1.82 bits per heavy atom. The number of anilines is 3. The molecule has 0 radical (unpaired) electrons. The first-order valence-electron chi connectivity index (χ1n) is 12.0. The molecule has 3 aromatic heterocycles. The molecule has 0 saturated carbocycles. The largest absolute Gasteiger partial charge is 0.396 e. The van der Waals surface area contributed by atoms with E-state index >= 15 is 0 Å². The van der Waals surface area contributed by atoms with Crippen molar-refractivity contribution in [3.05, 3.63) is 41.9 Å². The van der Waals surface area contributed by atoms with E-state index in [-0.39, 0.29) is 6.61 Å². The second-order valence-corrected chi connectivity index (χ2v) is 8.79. The van der Waals surface area contributed by atoms with Crippen LogP contribution in [0.3, 0.4) is 0 Å². The summed E-state index contributed by atoms with van der Waals surface area (Å²) >= 11 is 0. The molecular formula is C24H32N8O. The highest BCUT2D eigenvalue weighted by molar-refractivity contribution is 5.89. The molecule has 0 bridgehead atoms. The number of aromatic nitrogens is 4. The lowest BCUT2D eigenvalue weighted by atomic mass is 10.1. The van der Waals surface area contributed by atoms with Crippen molar-refractivity contribution in [2.75, 3.05) is 56.1 Å². The maximum atomic E-state index is 9.41. The fourth-order valence-corrected chi connectivity index (χ4v) is 4.54. The van der Waals surface area contributed by atoms with Gasteiger partial charge >= 0.3 is 0 Å². The molecule has 9 nitrogen and oxygen atoms in total. The van der Waals surface area contributed by atoms with Crippen LogP contribution in [-0.2, 0) is 13.0 Å². The van der Waals surface area contributed by atoms with Gasteiger partial charge in [0, 0.05) is 82.3 Å². The highest BCUT2D eigenvalue weighted by Crippen LogP contribution is 2.28. The molecule has 2 aliphatic rings. The Labute approximate surface area is 194 Å². The van der Waals surface area contributed by atoms with Crippen molar-refractivity contribution in [3.63, 3.8) is 0 Å². The van der Waals surface area contributed by atoms with Gasteiger partial charge in [-0.1, -0.05) is 6.07 Å². The predicted octanol–water partition coefficient (Wildman–Crippen LogP) is 2.09. The molecule has 5 heterocycles. The number of nitrogens with zero attached hydrogens (tertiary/aromatic N) is 6. The van der Waals surface area contributed by atoms with Gasteiger partial charge in [0.05, 0.1) is 0 Å². The number of hydrogen-bond acceptors (Lipinski definition) is 9. The van der Waals surface area contributed by atoms with E-state index in [1.807, 2.05) is 24.5 Å². The predicted molar refractivity (Wildman–Crippen MR) is 130 cm³/mol. The van der Waals surface area contributed by atoms with E-state index in [0.717, 1.165) is 86.9 Å². The van der Waals surface area contributed by atoms with Crippen molar-refractivity contribution in [1.82, 2.24) is 30.2 Å². The first kappa shape index (κ1) is 21.9. The van der Waals surface area contributed by atoms with Crippen LogP contribution < -0.4 is 15.5 Å². The third-order valence-electron chi connectivity index (χ3n) is 6.30. The number of hydrogen-bond donors (Lipinski definition) is 3. The zero-order valence-corrected chi connectivity index (χ0v) is 19.0. The zero-order chi connectivity index (χ0) is 22.5. The number of fused-ring (bicyclic) bond motifs is 1. The highest BCUT2D eigenvalue weighted by Gasteiger charge is 2.18. The molecule has 0 unspecified atom stereocenters. The Morgan fingerprint density at radius 1 is 0.970 bits per heavy atom. The summed E-state index contributed by atoms with van der Waals surface area (Å²) in [6.07, 6.45) is 7.86. The van der Waals surface area contributed by atoms with Crippen molar-refractivity contribution >= 4 is 28.5 Å². The van der Waals surface area contributed by atoms with Crippen LogP contribution in [0.5, 0.6) is 0 Å². The van der Waals surface area contributed by atoms with Gasteiger partial charge in [0.2, 0.25) is 5.95 Å². The molecule has 0 spiro atoms. The van der Waals surface area contributed by atoms with Gasteiger partial charge < -0.3 is 20.6 Å². The fraction of sp³-hybridized carbons (Fsp3) is 0.500. The molecule has 174 valence electrons. The molecule has 5 rings (SSSR count). The van der Waals surface area contributed by atoms with Crippen LogP contribution in [-0.4, -0.2) is 75.8 Å². The van der Waals surface area contributed by atoms with Gasteiger partial charge in [-0.05, 0) is 37.0 Å². The molecule has 0 aromatic carbocycles. The Hall–Kier alpha value is -2.88. The number of pyridine rings is 2. The summed E-state index contributed by atoms with van der Waals surface area (Å²) in [6.45, 7) is 7.18. The molecule has 0 aliphatic carbocycles. The van der Waals surface area contributed by atoms with Gasteiger partial charge in [-0.15, -0.1) is 0 Å². The number of piperidine rings is 1. The van der Waals surface area contributed by atoms with Crippen molar-refractivity contribution in [1.29, 1.82) is 0 Å². The molecule has 3 aromatic rings. The van der Waals surface area contributed by atoms with Crippen molar-refractivity contribution < 1.29 is 5.11 Å². The molecule has 2 saturated heterocycles. The molecular weight excluding hydrogens is 416 g/mol. The van der Waals surface area contributed by atoms with Crippen LogP contribution >= 0.6 is 0 Å². The summed E-state index contributed by atoms with van der Waals surface area (Å²) < 4.78 is 0. The molecule has 2 fully saturated rings. The van der Waals surface area contributed by atoms with Gasteiger partial charge in [-0.25, -0.2) is 19.9 Å². The van der Waals surface area contributed by atoms with E-state index in [0.29, 0.717) is 12.4 Å². The van der Waals surface area contributed by atoms with Crippen molar-refractivity contribution in [2.24, 2.45) is 0 Å². The summed E-state index contributed by atoms with van der Waals surface area (Å²) in [5, 5.41) is 17.0. The molecule has 2 aliphatic heterocycles. The van der Waals surface area contributed by atoms with Crippen molar-refractivity contribution in [2.45, 2.75) is 32.2 Å². The van der Waals surface area contributed by atoms with E-state index in [9.17, 15) is 5.11 Å². The molecule has 9 heteroatoms. The topological polar surface area (TPSA) is 102 Å². The van der Waals surface area contributed by atoms with E-state index < -0.39 is 0 Å². The Balaban J connectivity index is 1.36. The minimum Gasteiger partial charge on any atom is -0.396 e. The number of aliphatic hydroxyl groups is 1. The molecule has 0 atom stereocenters. The molecule has 3 N–H and O–H groups in total. The minimum absolute atomic E-state index is 0.0781. The van der Waals surface area contributed by atoms with E-state index in [1.165, 1.54) is 12.0 Å². The second kappa shape index (κ2) is 10.4. The number of aliphatic hydroxyl groups excluding tert-OH is 1. The maximum Gasteiger partial charge on any atom is 0.229 e. The van der Waals surface area contributed by atoms with Gasteiger partial charge in [0.25, 0.3) is 0 Å². The maximum absolute atomic E-state index is 9.41. The first-order chi connectivity index (χ1) is 16.3. The van der Waals surface area contributed by atoms with Gasteiger partial charge in [0.1, 0.15) is 11.3 Å². The van der Waals surface area contributed by atoms with Crippen LogP contribution in [0, 0.1) is 0 Å². The standard InChI is InChI=1S/C24H32N8O/c33-13-6-20-14-19-16-27-24(30-22(19)23(28-20)32-9-2-1-3-10-32)29-21-5-4-18(15-26-21)17-31-11-7-25-8-12-31/h4-5,14-16,25,33H,1-3,6-13,17H2,(H,26,27,29,30). The van der Waals surface area contributed by atoms with Crippen LogP contribution in [0.25, 0.3) is 10.9 Å². The number of nitrogens with one attached hydrogen (secondary N) is 2. The molecule has 33 heavy (non-hydrogen) atoms. The second-order valence-electron chi connectivity index (χ2n) is 8.79. The Morgan fingerprint density at radius 3 is 2.58 bits per heavy atom. The third kappa shape index (κ3) is 5.38. The van der Waals surface area contributed by atoms with Crippen LogP contribution in [0.1, 0.15) is 30.5 Å². The smallest absolute Gasteiger partial charge is 0.229 e. The van der Waals surface area contributed by atoms with E-state index in [2.05, 4.69) is 36.5 Å². The quantitative estimate of drug-likeness (QED) is 0.501. The van der Waals surface area contributed by atoms with Crippen LogP contribution in [0.4, 0.5) is 17.6 Å². The normalized spacial score (nSPS) is 17.4. The van der Waals surface area contributed by atoms with E-state index in [1.54, 1.807) is 0 Å². The lowest BCUT2D eigenvalue weighted by molar-refractivity contribution is 0.233. The Kier molecular flexibility index (Phi) is 6.89. The number of rotatable bonds is 7. The summed E-state index contributed by atoms with van der Waals surface area (Å²) in [6, 6.07) is 6.07. The fourth-order valence-electron chi connectivity index (χ4n) is 4.54. The van der Waals surface area contributed by atoms with Gasteiger partial charge in [-0.2, -0.15) is 0 Å². The summed E-state index contributed by atoms with van der Waals surface area (Å²) in [7, 11) is 0. The van der Waals surface area contributed by atoms with Crippen LogP contribution in [0.2, 0.25) is 0 Å². The third-order valence-corrected chi connectivity index (χ3v) is 6.30. The average Bonchev–Trinajstić information content (AvgIpc) is 2.86. The first-order valence-corrected chi connectivity index (χ1v) is 12.0. The summed E-state index contributed by atoms with van der Waals surface area (Å²) in [5.74, 6) is 2.13. The highest BCUT2D eigenvalue weighted by atomic mass is 16.3. The lowest BCUT2D eigenvalue weighted by Gasteiger charge is -2.28. The average molecular weight is 449 g/mol. The SMILES string of the molecule is OCCc1cc2cnc(Nc3ccc(CN4CCNCC4)cn3)nc2c(N2CCCCC2)n1. The monoisotopic (exact) mass is 448 g/mol. The Bertz CT molecular complexity index is 1060. The molecule has 0 amide bonds. The minimum atomic E-state index is 0.0781. The zero-order valence-electron chi connectivity index (χ0n) is 19.0. The summed E-state index contributed by atoms with van der Waals surface area (Å²) in [5.41, 5.74) is 2.91. The lowest BCUT2D eigenvalue weighted by Crippen LogP contribution is -2.42.